The molecule has 3 rings (SSSR count). The highest BCUT2D eigenvalue weighted by molar-refractivity contribution is 6.35. The third-order valence-electron chi connectivity index (χ3n) is 3.24. The smallest absolute Gasteiger partial charge is 0.338 e. The summed E-state index contributed by atoms with van der Waals surface area (Å²) in [6.45, 7) is 3.65. The zero-order valence-electron chi connectivity index (χ0n) is 12.0. The molecule has 0 unspecified atom stereocenters. The van der Waals surface area contributed by atoms with E-state index in [1.807, 2.05) is 18.2 Å². The maximum atomic E-state index is 11.9. The summed E-state index contributed by atoms with van der Waals surface area (Å²) in [6, 6.07) is 10.5. The molecule has 2 aromatic carbocycles. The molecule has 0 aliphatic heterocycles. The van der Waals surface area contributed by atoms with Crippen molar-refractivity contribution in [3.8, 4) is 11.4 Å². The third-order valence-corrected chi connectivity index (χ3v) is 3.85. The van der Waals surface area contributed by atoms with E-state index in [9.17, 15) is 4.79 Å². The number of fused-ring (bicyclic) bond motifs is 1. The fraction of sp³-hybridized carbons (Fsp3) is 0.0588. The number of ether oxygens (including phenoxy) is 1. The first kappa shape index (κ1) is 15.6. The van der Waals surface area contributed by atoms with Crippen LogP contribution in [0.15, 0.2) is 49.1 Å². The van der Waals surface area contributed by atoms with Crippen molar-refractivity contribution < 1.29 is 9.53 Å². The minimum absolute atomic E-state index is 0.141. The first-order valence-corrected chi connectivity index (χ1v) is 7.58. The van der Waals surface area contributed by atoms with Gasteiger partial charge in [0.25, 0.3) is 0 Å². The maximum Gasteiger partial charge on any atom is 0.338 e. The molecule has 6 heteroatoms. The normalized spacial score (nSPS) is 10.7. The van der Waals surface area contributed by atoms with Crippen LogP contribution in [0.25, 0.3) is 22.4 Å². The number of H-pyrrole nitrogens is 1. The molecule has 0 aliphatic rings. The summed E-state index contributed by atoms with van der Waals surface area (Å²) in [4.78, 5) is 19.5. The molecule has 1 heterocycles. The van der Waals surface area contributed by atoms with Gasteiger partial charge in [0.15, 0.2) is 0 Å². The number of benzene rings is 2. The van der Waals surface area contributed by atoms with E-state index in [1.54, 1.807) is 12.1 Å². The van der Waals surface area contributed by atoms with E-state index in [4.69, 9.17) is 27.9 Å². The predicted molar refractivity (Wildman–Crippen MR) is 92.0 cm³/mol. The Morgan fingerprint density at radius 1 is 1.26 bits per heavy atom. The van der Waals surface area contributed by atoms with Crippen LogP contribution in [0, 0.1) is 0 Å². The summed E-state index contributed by atoms with van der Waals surface area (Å²) in [6.07, 6.45) is 1.50. The number of hydrogen-bond donors (Lipinski definition) is 1. The van der Waals surface area contributed by atoms with Crippen LogP contribution in [0.2, 0.25) is 10.0 Å². The van der Waals surface area contributed by atoms with Crippen molar-refractivity contribution in [2.24, 2.45) is 0 Å². The third kappa shape index (κ3) is 3.09. The average molecular weight is 347 g/mol. The molecular formula is C17H12Cl2N2O2. The molecule has 1 N–H and O–H groups in total. The number of nitrogens with zero attached hydrogens (tertiary/aromatic N) is 1. The highest BCUT2D eigenvalue weighted by Crippen LogP contribution is 2.30. The van der Waals surface area contributed by atoms with Crippen LogP contribution in [0.4, 0.5) is 0 Å². The summed E-state index contributed by atoms with van der Waals surface area (Å²) < 4.78 is 5.02. The van der Waals surface area contributed by atoms with Crippen molar-refractivity contribution in [2.75, 3.05) is 6.61 Å². The van der Waals surface area contributed by atoms with Crippen LogP contribution in [0.1, 0.15) is 10.4 Å². The van der Waals surface area contributed by atoms with Crippen molar-refractivity contribution in [2.45, 2.75) is 0 Å². The molecular weight excluding hydrogens is 335 g/mol. The molecule has 1 aromatic heterocycles. The molecule has 0 fully saturated rings. The van der Waals surface area contributed by atoms with E-state index in [0.29, 0.717) is 32.5 Å². The number of aromatic amines is 1. The predicted octanol–water partition coefficient (Wildman–Crippen LogP) is 4.88. The van der Waals surface area contributed by atoms with Crippen LogP contribution in [-0.4, -0.2) is 22.5 Å². The number of nitrogens with one attached hydrogen (secondary N) is 1. The number of halogens is 2. The number of esters is 1. The van der Waals surface area contributed by atoms with Crippen molar-refractivity contribution in [1.82, 2.24) is 9.97 Å². The quantitative estimate of drug-likeness (QED) is 0.541. The van der Waals surface area contributed by atoms with Crippen LogP contribution in [0.5, 0.6) is 0 Å². The molecule has 0 bridgehead atoms. The fourth-order valence-corrected chi connectivity index (χ4v) is 2.68. The number of carbonyl (C=O) groups excluding carboxylic acids is 1. The lowest BCUT2D eigenvalue weighted by Crippen LogP contribution is -2.04. The molecule has 116 valence electrons. The summed E-state index contributed by atoms with van der Waals surface area (Å²) in [5.41, 5.74) is 2.32. The monoisotopic (exact) mass is 346 g/mol. The van der Waals surface area contributed by atoms with E-state index < -0.39 is 5.97 Å². The molecule has 0 spiro atoms. The molecule has 4 nitrogen and oxygen atoms in total. The van der Waals surface area contributed by atoms with Gasteiger partial charge in [-0.15, -0.1) is 0 Å². The standard InChI is InChI=1S/C17H12Cl2N2O2/c1-2-7-23-17(22)10-8-13(19)15-14(9-10)20-16(21-15)11-5-3-4-6-12(11)18/h2-6,8-9H,1,7H2,(H,20,21). The van der Waals surface area contributed by atoms with Crippen LogP contribution in [0.3, 0.4) is 0 Å². The molecule has 23 heavy (non-hydrogen) atoms. The van der Waals surface area contributed by atoms with Gasteiger partial charge < -0.3 is 9.72 Å². The van der Waals surface area contributed by atoms with Gasteiger partial charge in [0.05, 0.1) is 21.1 Å². The zero-order valence-corrected chi connectivity index (χ0v) is 13.5. The van der Waals surface area contributed by atoms with Gasteiger partial charge in [0.2, 0.25) is 0 Å². The van der Waals surface area contributed by atoms with Crippen molar-refractivity contribution >= 4 is 40.2 Å². The second-order valence-electron chi connectivity index (χ2n) is 4.81. The van der Waals surface area contributed by atoms with E-state index in [1.165, 1.54) is 12.1 Å². The Kier molecular flexibility index (Phi) is 4.37. The van der Waals surface area contributed by atoms with Crippen LogP contribution in [-0.2, 0) is 4.74 Å². The van der Waals surface area contributed by atoms with Gasteiger partial charge in [-0.25, -0.2) is 9.78 Å². The minimum atomic E-state index is -0.470. The molecule has 0 atom stereocenters. The van der Waals surface area contributed by atoms with Gasteiger partial charge in [0, 0.05) is 5.56 Å². The van der Waals surface area contributed by atoms with Gasteiger partial charge in [-0.1, -0.05) is 48.0 Å². The van der Waals surface area contributed by atoms with Gasteiger partial charge >= 0.3 is 5.97 Å². The zero-order chi connectivity index (χ0) is 16.4. The highest BCUT2D eigenvalue weighted by atomic mass is 35.5. The van der Waals surface area contributed by atoms with Crippen LogP contribution < -0.4 is 0 Å². The number of carbonyl (C=O) groups is 1. The largest absolute Gasteiger partial charge is 0.458 e. The van der Waals surface area contributed by atoms with Gasteiger partial charge in [-0.3, -0.25) is 0 Å². The van der Waals surface area contributed by atoms with E-state index in [0.717, 1.165) is 5.56 Å². The maximum absolute atomic E-state index is 11.9. The Balaban J connectivity index is 2.06. The molecule has 0 radical (unpaired) electrons. The van der Waals surface area contributed by atoms with E-state index in [-0.39, 0.29) is 6.61 Å². The van der Waals surface area contributed by atoms with Crippen molar-refractivity contribution in [3.05, 3.63) is 64.7 Å². The van der Waals surface area contributed by atoms with Crippen molar-refractivity contribution in [3.63, 3.8) is 0 Å². The Morgan fingerprint density at radius 3 is 2.78 bits per heavy atom. The van der Waals surface area contributed by atoms with E-state index >= 15 is 0 Å². The first-order valence-electron chi connectivity index (χ1n) is 6.82. The average Bonchev–Trinajstić information content (AvgIpc) is 2.97. The lowest BCUT2D eigenvalue weighted by Gasteiger charge is -2.02. The second kappa shape index (κ2) is 6.44. The Morgan fingerprint density at radius 2 is 2.04 bits per heavy atom. The fourth-order valence-electron chi connectivity index (χ4n) is 2.19. The van der Waals surface area contributed by atoms with E-state index in [2.05, 4.69) is 16.5 Å². The van der Waals surface area contributed by atoms with Gasteiger partial charge in [-0.2, -0.15) is 0 Å². The molecule has 0 aliphatic carbocycles. The second-order valence-corrected chi connectivity index (χ2v) is 5.62. The SMILES string of the molecule is C=CCOC(=O)c1cc(Cl)c2nc(-c3ccccc3Cl)[nH]c2c1. The Bertz CT molecular complexity index is 903. The van der Waals surface area contributed by atoms with Gasteiger partial charge in [-0.05, 0) is 24.3 Å². The molecule has 0 saturated carbocycles. The lowest BCUT2D eigenvalue weighted by molar-refractivity contribution is 0.0550. The molecule has 0 saturated heterocycles. The Labute approximate surface area is 142 Å². The molecule has 0 amide bonds. The lowest BCUT2D eigenvalue weighted by atomic mass is 10.2. The summed E-state index contributed by atoms with van der Waals surface area (Å²) in [5, 5.41) is 0.941. The number of imidazole rings is 1. The van der Waals surface area contributed by atoms with Crippen molar-refractivity contribution in [1.29, 1.82) is 0 Å². The summed E-state index contributed by atoms with van der Waals surface area (Å²) >= 11 is 12.4. The Hall–Kier alpha value is -2.30. The summed E-state index contributed by atoms with van der Waals surface area (Å²) in [5.74, 6) is 0.117. The van der Waals surface area contributed by atoms with Gasteiger partial charge in [0.1, 0.15) is 17.9 Å². The highest BCUT2D eigenvalue weighted by Gasteiger charge is 2.15. The number of rotatable bonds is 4. The first-order chi connectivity index (χ1) is 11.1. The minimum Gasteiger partial charge on any atom is -0.458 e. The number of hydrogen-bond acceptors (Lipinski definition) is 3. The summed E-state index contributed by atoms with van der Waals surface area (Å²) in [7, 11) is 0. The van der Waals surface area contributed by atoms with Crippen LogP contribution >= 0.6 is 23.2 Å². The topological polar surface area (TPSA) is 55.0 Å². The number of aromatic nitrogens is 2. The molecule has 3 aromatic rings.